The second-order valence-corrected chi connectivity index (χ2v) is 5.82. The number of carbonyl (C=O) groups is 2. The Balaban J connectivity index is 2.57. The van der Waals surface area contributed by atoms with Gasteiger partial charge in [-0.25, -0.2) is 9.59 Å². The molecule has 0 aliphatic carbocycles. The number of carbonyl (C=O) groups excluding carboxylic acids is 2. The highest BCUT2D eigenvalue weighted by Gasteiger charge is 2.23. The molecule has 1 aromatic carbocycles. The van der Waals surface area contributed by atoms with Gasteiger partial charge in [0.2, 0.25) is 0 Å². The maximum Gasteiger partial charge on any atom is 0.410 e. The van der Waals surface area contributed by atoms with E-state index in [2.05, 4.69) is 6.92 Å². The molecule has 0 aromatic heterocycles. The van der Waals surface area contributed by atoms with Crippen molar-refractivity contribution in [2.24, 2.45) is 0 Å². The molecule has 0 radical (unpaired) electrons. The first kappa shape index (κ1) is 20.0. The summed E-state index contributed by atoms with van der Waals surface area (Å²) in [5, 5.41) is 0. The van der Waals surface area contributed by atoms with Crippen molar-refractivity contribution < 1.29 is 19.1 Å². The van der Waals surface area contributed by atoms with Crippen LogP contribution in [0.5, 0.6) is 0 Å². The molecule has 0 N–H and O–H groups in total. The van der Waals surface area contributed by atoms with Gasteiger partial charge in [0.1, 0.15) is 12.2 Å². The van der Waals surface area contributed by atoms with Crippen LogP contribution in [-0.4, -0.2) is 42.3 Å². The Labute approximate surface area is 144 Å². The van der Waals surface area contributed by atoms with Gasteiger partial charge >= 0.3 is 12.1 Å². The van der Waals surface area contributed by atoms with Crippen LogP contribution in [0.3, 0.4) is 0 Å². The van der Waals surface area contributed by atoms with Crippen LogP contribution in [0.25, 0.3) is 0 Å². The number of aryl methyl sites for hydroxylation is 1. The summed E-state index contributed by atoms with van der Waals surface area (Å²) in [7, 11) is 0. The Morgan fingerprint density at radius 3 is 2.00 bits per heavy atom. The van der Waals surface area contributed by atoms with Gasteiger partial charge in [-0.15, -0.1) is 0 Å². The zero-order valence-corrected chi connectivity index (χ0v) is 15.4. The van der Waals surface area contributed by atoms with E-state index in [4.69, 9.17) is 9.47 Å². The lowest BCUT2D eigenvalue weighted by Gasteiger charge is -2.25. The molecule has 0 heterocycles. The molecule has 134 valence electrons. The predicted molar refractivity (Wildman–Crippen MR) is 94.2 cm³/mol. The van der Waals surface area contributed by atoms with Gasteiger partial charge in [0, 0.05) is 13.1 Å². The molecule has 0 spiro atoms. The predicted octanol–water partition coefficient (Wildman–Crippen LogP) is 4.05. The Morgan fingerprint density at radius 1 is 0.958 bits per heavy atom. The van der Waals surface area contributed by atoms with Crippen molar-refractivity contribution in [2.45, 2.75) is 59.7 Å². The molecule has 5 nitrogen and oxygen atoms in total. The van der Waals surface area contributed by atoms with Crippen LogP contribution in [0, 0.1) is 0 Å². The van der Waals surface area contributed by atoms with E-state index in [9.17, 15) is 9.59 Å². The van der Waals surface area contributed by atoms with Gasteiger partial charge in [0.05, 0.1) is 5.56 Å². The highest BCUT2D eigenvalue weighted by molar-refractivity contribution is 5.89. The largest absolute Gasteiger partial charge is 0.455 e. The summed E-state index contributed by atoms with van der Waals surface area (Å²) < 4.78 is 10.8. The van der Waals surface area contributed by atoms with Gasteiger partial charge in [-0.3, -0.25) is 0 Å². The van der Waals surface area contributed by atoms with Crippen molar-refractivity contribution in [1.82, 2.24) is 4.90 Å². The molecular formula is C19H29NO4. The number of hydrogen-bond acceptors (Lipinski definition) is 4. The molecule has 5 heteroatoms. The second-order valence-electron chi connectivity index (χ2n) is 5.82. The minimum atomic E-state index is -0.521. The Kier molecular flexibility index (Phi) is 8.30. The number of rotatable bonds is 8. The van der Waals surface area contributed by atoms with E-state index < -0.39 is 18.2 Å². The average molecular weight is 335 g/mol. The van der Waals surface area contributed by atoms with Crippen LogP contribution in [-0.2, 0) is 15.9 Å². The van der Waals surface area contributed by atoms with Crippen molar-refractivity contribution in [3.8, 4) is 0 Å². The summed E-state index contributed by atoms with van der Waals surface area (Å²) in [5.74, 6) is -0.406. The van der Waals surface area contributed by atoms with Gasteiger partial charge in [0.15, 0.2) is 0 Å². The lowest BCUT2D eigenvalue weighted by atomic mass is 10.1. The van der Waals surface area contributed by atoms with Crippen molar-refractivity contribution >= 4 is 12.1 Å². The smallest absolute Gasteiger partial charge is 0.410 e. The maximum absolute atomic E-state index is 12.2. The molecule has 1 rings (SSSR count). The fraction of sp³-hybridized carbons (Fsp3) is 0.579. The summed E-state index contributed by atoms with van der Waals surface area (Å²) in [6, 6.07) is 7.42. The van der Waals surface area contributed by atoms with E-state index in [0.29, 0.717) is 18.7 Å². The molecule has 1 amide bonds. The number of amides is 1. The van der Waals surface area contributed by atoms with Gasteiger partial charge < -0.3 is 14.4 Å². The van der Waals surface area contributed by atoms with Crippen molar-refractivity contribution in [3.05, 3.63) is 35.4 Å². The molecule has 1 aromatic rings. The SMILES string of the molecule is CCCc1ccc(C(=O)OC(C)C(C)OC(=O)N(CC)CC)cc1. The van der Waals surface area contributed by atoms with Crippen molar-refractivity contribution in [3.63, 3.8) is 0 Å². The van der Waals surface area contributed by atoms with E-state index in [1.807, 2.05) is 26.0 Å². The summed E-state index contributed by atoms with van der Waals surface area (Å²) in [5.41, 5.74) is 1.70. The third-order valence-corrected chi connectivity index (χ3v) is 3.99. The Hall–Kier alpha value is -2.04. The quantitative estimate of drug-likeness (QED) is 0.673. The summed E-state index contributed by atoms with van der Waals surface area (Å²) in [6.45, 7) is 10.5. The Bertz CT molecular complexity index is 523. The van der Waals surface area contributed by atoms with Crippen LogP contribution in [0.2, 0.25) is 0 Å². The topological polar surface area (TPSA) is 55.8 Å². The van der Waals surface area contributed by atoms with Gasteiger partial charge in [0.25, 0.3) is 0 Å². The monoisotopic (exact) mass is 335 g/mol. The standard InChI is InChI=1S/C19H29NO4/c1-6-9-16-10-12-17(13-11-16)18(21)23-14(4)15(5)24-19(22)20(7-2)8-3/h10-15H,6-9H2,1-5H3. The minimum Gasteiger partial charge on any atom is -0.455 e. The molecule has 2 atom stereocenters. The van der Waals surface area contributed by atoms with Crippen LogP contribution in [0.15, 0.2) is 24.3 Å². The highest BCUT2D eigenvalue weighted by Crippen LogP contribution is 2.12. The molecule has 0 saturated carbocycles. The second kappa shape index (κ2) is 9.96. The highest BCUT2D eigenvalue weighted by atomic mass is 16.6. The number of esters is 1. The van der Waals surface area contributed by atoms with E-state index in [-0.39, 0.29) is 6.09 Å². The van der Waals surface area contributed by atoms with Crippen LogP contribution >= 0.6 is 0 Å². The van der Waals surface area contributed by atoms with Crippen molar-refractivity contribution in [1.29, 1.82) is 0 Å². The van der Waals surface area contributed by atoms with Gasteiger partial charge in [-0.05, 0) is 51.8 Å². The molecule has 0 fully saturated rings. The fourth-order valence-corrected chi connectivity index (χ4v) is 2.24. The first-order valence-corrected chi connectivity index (χ1v) is 8.68. The van der Waals surface area contributed by atoms with Crippen LogP contribution in [0.1, 0.15) is 57.0 Å². The minimum absolute atomic E-state index is 0.390. The Morgan fingerprint density at radius 2 is 1.50 bits per heavy atom. The normalized spacial score (nSPS) is 13.0. The lowest BCUT2D eigenvalue weighted by Crippen LogP contribution is -2.37. The molecular weight excluding hydrogens is 306 g/mol. The average Bonchev–Trinajstić information content (AvgIpc) is 2.56. The molecule has 2 unspecified atom stereocenters. The molecule has 0 aliphatic rings. The molecule has 24 heavy (non-hydrogen) atoms. The first-order valence-electron chi connectivity index (χ1n) is 8.68. The van der Waals surface area contributed by atoms with Crippen LogP contribution < -0.4 is 0 Å². The summed E-state index contributed by atoms with van der Waals surface area (Å²) in [4.78, 5) is 25.7. The van der Waals surface area contributed by atoms with E-state index in [1.165, 1.54) is 5.56 Å². The third-order valence-electron chi connectivity index (χ3n) is 3.99. The third kappa shape index (κ3) is 5.87. The number of benzene rings is 1. The number of hydrogen-bond donors (Lipinski definition) is 0. The van der Waals surface area contributed by atoms with E-state index >= 15 is 0 Å². The fourth-order valence-electron chi connectivity index (χ4n) is 2.24. The number of ether oxygens (including phenoxy) is 2. The summed E-state index contributed by atoms with van der Waals surface area (Å²) >= 11 is 0. The van der Waals surface area contributed by atoms with Gasteiger partial charge in [-0.1, -0.05) is 25.5 Å². The summed E-state index contributed by atoms with van der Waals surface area (Å²) in [6.07, 6.45) is 0.633. The van der Waals surface area contributed by atoms with Crippen molar-refractivity contribution in [2.75, 3.05) is 13.1 Å². The first-order chi connectivity index (χ1) is 11.4. The molecule has 0 aliphatic heterocycles. The molecule has 0 saturated heterocycles. The number of nitrogens with zero attached hydrogens (tertiary/aromatic N) is 1. The maximum atomic E-state index is 12.2. The van der Waals surface area contributed by atoms with Gasteiger partial charge in [-0.2, -0.15) is 0 Å². The van der Waals surface area contributed by atoms with E-state index in [0.717, 1.165) is 12.8 Å². The lowest BCUT2D eigenvalue weighted by molar-refractivity contribution is -0.0196. The zero-order valence-electron chi connectivity index (χ0n) is 15.4. The zero-order chi connectivity index (χ0) is 18.1. The van der Waals surface area contributed by atoms with Crippen LogP contribution in [0.4, 0.5) is 4.79 Å². The molecule has 0 bridgehead atoms. The van der Waals surface area contributed by atoms with E-state index in [1.54, 1.807) is 30.9 Å².